The molecule has 506 valence electrons. The summed E-state index contributed by atoms with van der Waals surface area (Å²) in [6.07, 6.45) is 7.51. The van der Waals surface area contributed by atoms with Gasteiger partial charge in [-0.1, -0.05) is 45.0 Å². The van der Waals surface area contributed by atoms with Gasteiger partial charge in [0.25, 0.3) is 11.8 Å². The van der Waals surface area contributed by atoms with Gasteiger partial charge in [0.2, 0.25) is 23.6 Å². The largest absolute Gasteiger partial charge is 0.391 e. The van der Waals surface area contributed by atoms with E-state index in [0.29, 0.717) is 102 Å². The number of alkyl halides is 1. The molecule has 2 aliphatic carbocycles. The number of anilines is 2. The summed E-state index contributed by atoms with van der Waals surface area (Å²) >= 11 is 1.46. The van der Waals surface area contributed by atoms with E-state index in [9.17, 15) is 38.3 Å². The van der Waals surface area contributed by atoms with Gasteiger partial charge in [-0.05, 0) is 67.3 Å². The zero-order valence-electron chi connectivity index (χ0n) is 53.5. The summed E-state index contributed by atoms with van der Waals surface area (Å²) in [6.45, 7) is 11.9. The summed E-state index contributed by atoms with van der Waals surface area (Å²) in [5.41, 5.74) is 8.73. The third kappa shape index (κ3) is 17.1. The number of β-amino-alcohol motifs (C(OH)–C–C–N with tert-alkyl or cyclic N) is 1. The lowest BCUT2D eigenvalue weighted by atomic mass is 9.73. The molecule has 26 nitrogen and oxygen atoms in total. The van der Waals surface area contributed by atoms with Crippen molar-refractivity contribution >= 4 is 63.9 Å². The number of aromatic nitrogens is 6. The second-order valence-corrected chi connectivity index (χ2v) is 26.1. The minimum absolute atomic E-state index is 0.0282. The number of nitrogens with two attached hydrogens (primary N) is 1. The third-order valence-corrected chi connectivity index (χ3v) is 18.3. The molecule has 8 N–H and O–H groups in total. The minimum atomic E-state index is -2.08. The molecule has 4 aliphatic rings. The first-order chi connectivity index (χ1) is 45.2. The number of primary amides is 1. The van der Waals surface area contributed by atoms with Crippen LogP contribution in [0.4, 0.5) is 20.3 Å². The average molecular weight is 1320 g/mol. The molecule has 0 spiro atoms. The fourth-order valence-corrected chi connectivity index (χ4v) is 12.6. The van der Waals surface area contributed by atoms with Gasteiger partial charge < -0.3 is 65.6 Å². The molecule has 6 amide bonds. The van der Waals surface area contributed by atoms with Crippen LogP contribution in [-0.2, 0) is 47.7 Å². The molecule has 4 fully saturated rings. The van der Waals surface area contributed by atoms with Gasteiger partial charge in [-0.25, -0.2) is 23.7 Å². The Kier molecular flexibility index (Phi) is 22.8. The number of aliphatic hydroxyl groups excluding tert-OH is 1. The Balaban J connectivity index is 0.561. The number of piperazine rings is 1. The van der Waals surface area contributed by atoms with Gasteiger partial charge in [-0.2, -0.15) is 5.10 Å². The molecule has 0 radical (unpaired) electrons. The molecule has 4 atom stereocenters. The number of rotatable bonds is 34. The number of aryl methyl sites for hydroxylation is 1. The lowest BCUT2D eigenvalue weighted by Crippen LogP contribution is -2.65. The fraction of sp³-hybridized carbons (Fsp3) is 0.538. The summed E-state index contributed by atoms with van der Waals surface area (Å²) in [5, 5.41) is 29.5. The molecule has 2 aromatic carbocycles. The zero-order chi connectivity index (χ0) is 66.6. The van der Waals surface area contributed by atoms with E-state index < -0.39 is 64.1 Å². The molecule has 0 bridgehead atoms. The Morgan fingerprint density at radius 3 is 2.03 bits per heavy atom. The fourth-order valence-electron chi connectivity index (χ4n) is 11.8. The maximum absolute atomic E-state index is 15.7. The minimum Gasteiger partial charge on any atom is -0.391 e. The van der Waals surface area contributed by atoms with Crippen molar-refractivity contribution in [2.45, 2.75) is 101 Å². The van der Waals surface area contributed by atoms with Crippen LogP contribution in [0.2, 0.25) is 0 Å². The number of ether oxygens (including phenoxy) is 5. The molecule has 29 heteroatoms. The normalized spacial score (nSPS) is 18.6. The van der Waals surface area contributed by atoms with Crippen molar-refractivity contribution in [2.75, 3.05) is 124 Å². The summed E-state index contributed by atoms with van der Waals surface area (Å²) in [5.74, 6) is -4.43. The number of thiazole rings is 1. The first kappa shape index (κ1) is 68.9. The number of fused-ring (bicyclic) bond motifs is 1. The number of aliphatic hydroxyl groups is 1. The number of nitrogens with one attached hydrogen (secondary N) is 5. The van der Waals surface area contributed by atoms with Crippen LogP contribution < -0.4 is 27.0 Å². The quantitative estimate of drug-likeness (QED) is 0.0275. The van der Waals surface area contributed by atoms with Crippen LogP contribution in [0.5, 0.6) is 0 Å². The predicted molar refractivity (Wildman–Crippen MR) is 343 cm³/mol. The van der Waals surface area contributed by atoms with Crippen LogP contribution in [0.1, 0.15) is 98.4 Å². The molecular formula is C65H84F2N14O12S. The maximum atomic E-state index is 15.7. The van der Waals surface area contributed by atoms with Gasteiger partial charge in [-0.15, -0.1) is 11.3 Å². The third-order valence-electron chi connectivity index (χ3n) is 17.3. The summed E-state index contributed by atoms with van der Waals surface area (Å²) in [4.78, 5) is 101. The van der Waals surface area contributed by atoms with E-state index in [4.69, 9.17) is 34.4 Å². The Morgan fingerprint density at radius 2 is 1.47 bits per heavy atom. The van der Waals surface area contributed by atoms with Crippen molar-refractivity contribution in [1.82, 2.24) is 60.2 Å². The Morgan fingerprint density at radius 1 is 0.830 bits per heavy atom. The number of carbonyl (C=O) groups excluding carboxylic acids is 6. The van der Waals surface area contributed by atoms with Gasteiger partial charge in [0.05, 0.1) is 124 Å². The van der Waals surface area contributed by atoms with Crippen LogP contribution in [0, 0.1) is 18.2 Å². The van der Waals surface area contributed by atoms with Gasteiger partial charge in [0.15, 0.2) is 17.1 Å². The number of hydrogen-bond donors (Lipinski definition) is 7. The molecule has 2 saturated heterocycles. The summed E-state index contributed by atoms with van der Waals surface area (Å²) in [6, 6.07) is 10.3. The van der Waals surface area contributed by atoms with Crippen molar-refractivity contribution in [1.29, 1.82) is 0 Å². The Labute approximate surface area is 547 Å². The monoisotopic (exact) mass is 1320 g/mol. The van der Waals surface area contributed by atoms with E-state index in [1.54, 1.807) is 74.0 Å². The molecule has 94 heavy (non-hydrogen) atoms. The van der Waals surface area contributed by atoms with Crippen molar-refractivity contribution in [3.8, 4) is 21.7 Å². The molecule has 6 aromatic rings. The lowest BCUT2D eigenvalue weighted by molar-refractivity contribution is -0.151. The lowest BCUT2D eigenvalue weighted by Gasteiger charge is -2.44. The second kappa shape index (κ2) is 31.1. The second-order valence-electron chi connectivity index (χ2n) is 25.2. The number of benzene rings is 2. The van der Waals surface area contributed by atoms with Gasteiger partial charge in [0, 0.05) is 94.0 Å². The van der Waals surface area contributed by atoms with E-state index in [2.05, 4.69) is 41.4 Å². The number of H-pyrrole nitrogens is 1. The van der Waals surface area contributed by atoms with Crippen molar-refractivity contribution < 1.29 is 66.3 Å². The maximum Gasteiger partial charge on any atom is 0.258 e. The van der Waals surface area contributed by atoms with E-state index in [1.807, 2.05) is 34.6 Å². The van der Waals surface area contributed by atoms with Crippen LogP contribution in [0.3, 0.4) is 0 Å². The summed E-state index contributed by atoms with van der Waals surface area (Å²) in [7, 11) is 0. The SMILES string of the molecule is Cc1ncsc1-c1ccc([C@H](CC(=O)NCCOCCOCCOCCOCCOCCNC(=O)CN2CCN(C(=O)c3ccc(Nc4nc(C5CC5)cn5c(-c6cn[nH]c6)cnc45)c(F)c3)CC2)C2(C(N)=O)CC(O)CN2C(=O)[C@@H](NC(=O)C2(F)CC2)C(C)(C)C)cc1. The molecule has 6 heterocycles. The smallest absolute Gasteiger partial charge is 0.258 e. The van der Waals surface area contributed by atoms with Gasteiger partial charge in [-0.3, -0.25) is 43.2 Å². The average Bonchev–Trinajstić information content (AvgIpc) is 1.55. The molecule has 2 unspecified atom stereocenters. The van der Waals surface area contributed by atoms with Gasteiger partial charge >= 0.3 is 0 Å². The highest BCUT2D eigenvalue weighted by Crippen LogP contribution is 2.47. The number of hydrogen-bond acceptors (Lipinski definition) is 19. The van der Waals surface area contributed by atoms with Crippen molar-refractivity contribution in [3.05, 3.63) is 101 Å². The van der Waals surface area contributed by atoms with Crippen molar-refractivity contribution in [3.63, 3.8) is 0 Å². The first-order valence-corrected chi connectivity index (χ1v) is 32.8. The number of likely N-dealkylation sites (tertiary alicyclic amines) is 1. The van der Waals surface area contributed by atoms with Crippen LogP contribution >= 0.6 is 11.3 Å². The molecule has 2 aliphatic heterocycles. The standard InChI is InChI=1S/C65H84F2N14O12S/c1-41-55(94-40-72-41)44-9-5-42(6-10-44)48(65(61(68)87)33-47(82)37-81(65)60(86)56(63(2,3)4)77-62(88)64(67)13-14-64)32-53(83)69-15-21-89-23-25-91-27-29-93-30-28-92-26-24-90-22-16-70-54(84)39-78-17-19-79(20-18-78)59(85)45-11-12-50(49(66)31-45)75-57-58-71-36-52(46-34-73-74-35-46)80(58)38-51(76-57)43-7-8-43/h5-6,9-12,31,34-36,38,40,43,47-48,56,82H,7-8,13-30,32-33,37,39H2,1-4H3,(H2,68,87)(H,69,83)(H,70,84)(H,73,74)(H,75,76)(H,77,88)/t47?,48-,56+,65?/m0/s1. The van der Waals surface area contributed by atoms with E-state index in [-0.39, 0.29) is 88.2 Å². The number of halogens is 2. The van der Waals surface area contributed by atoms with Crippen molar-refractivity contribution in [2.24, 2.45) is 11.1 Å². The van der Waals surface area contributed by atoms with E-state index in [1.165, 1.54) is 22.3 Å². The van der Waals surface area contributed by atoms with Crippen LogP contribution in [0.15, 0.2) is 72.8 Å². The van der Waals surface area contributed by atoms with E-state index >= 15 is 4.39 Å². The number of aromatic amines is 1. The summed E-state index contributed by atoms with van der Waals surface area (Å²) < 4.78 is 60.7. The van der Waals surface area contributed by atoms with Crippen LogP contribution in [0.25, 0.3) is 27.3 Å². The number of imidazole rings is 1. The highest BCUT2D eigenvalue weighted by Gasteiger charge is 2.60. The number of nitrogens with zero attached hydrogens (tertiary/aromatic N) is 8. The molecule has 2 saturated carbocycles. The number of amides is 6. The number of carbonyl (C=O) groups is 6. The first-order valence-electron chi connectivity index (χ1n) is 31.9. The highest BCUT2D eigenvalue weighted by molar-refractivity contribution is 7.13. The Hall–Kier alpha value is -7.90. The van der Waals surface area contributed by atoms with Crippen LogP contribution in [-0.4, -0.2) is 227 Å². The predicted octanol–water partition coefficient (Wildman–Crippen LogP) is 4.41. The molecule has 10 rings (SSSR count). The van der Waals surface area contributed by atoms with Gasteiger partial charge in [0.1, 0.15) is 17.4 Å². The molecular weight excluding hydrogens is 1240 g/mol. The Bertz CT molecular complexity index is 3590. The highest BCUT2D eigenvalue weighted by atomic mass is 32.1. The zero-order valence-corrected chi connectivity index (χ0v) is 54.3. The van der Waals surface area contributed by atoms with E-state index in [0.717, 1.165) is 45.9 Å². The molecule has 4 aromatic heterocycles. The topological polar surface area (TPSA) is 324 Å².